The van der Waals surface area contributed by atoms with Crippen molar-refractivity contribution in [2.45, 2.75) is 155 Å². The van der Waals surface area contributed by atoms with Crippen molar-refractivity contribution in [3.8, 4) is 0 Å². The van der Waals surface area contributed by atoms with Gasteiger partial charge in [0.2, 0.25) is 5.91 Å². The molecule has 1 atom stereocenters. The predicted molar refractivity (Wildman–Crippen MR) is 150 cm³/mol. The van der Waals surface area contributed by atoms with Gasteiger partial charge in [-0.2, -0.15) is 0 Å². The molecule has 1 unspecified atom stereocenters. The van der Waals surface area contributed by atoms with Gasteiger partial charge >= 0.3 is 0 Å². The minimum atomic E-state index is 0.146. The van der Waals surface area contributed by atoms with Gasteiger partial charge in [0.1, 0.15) is 0 Å². The molecule has 1 aliphatic rings. The second-order valence-electron chi connectivity index (χ2n) is 11.0. The Morgan fingerprint density at radius 1 is 0.676 bits per heavy atom. The van der Waals surface area contributed by atoms with Crippen molar-refractivity contribution in [2.24, 2.45) is 5.92 Å². The Morgan fingerprint density at radius 3 is 1.65 bits per heavy atom. The quantitative estimate of drug-likeness (QED) is 0.168. The summed E-state index contributed by atoms with van der Waals surface area (Å²) >= 11 is 0. The van der Waals surface area contributed by atoms with Gasteiger partial charge in [0.15, 0.2) is 0 Å². The van der Waals surface area contributed by atoms with Crippen LogP contribution in [0.15, 0.2) is 18.2 Å². The van der Waals surface area contributed by atoms with Crippen LogP contribution in [0.5, 0.6) is 0 Å². The third-order valence-electron chi connectivity index (χ3n) is 7.76. The SMILES string of the molecule is CCCCCCCCCCCCC(CCCCCCCCCC)Cc1ccc2c(c1)NC(=O)C2. The van der Waals surface area contributed by atoms with Crippen LogP contribution in [0.3, 0.4) is 0 Å². The van der Waals surface area contributed by atoms with E-state index < -0.39 is 0 Å². The summed E-state index contributed by atoms with van der Waals surface area (Å²) in [4.78, 5) is 11.7. The standard InChI is InChI=1S/C32H55NO/c1-3-5-7-9-11-13-14-16-18-20-22-28(21-19-17-15-12-10-8-6-4-2)25-29-23-24-30-27-32(34)33-31(30)26-29/h23-24,26,28H,3-22,25,27H2,1-2H3,(H,33,34). The average molecular weight is 470 g/mol. The summed E-state index contributed by atoms with van der Waals surface area (Å²) in [7, 11) is 0. The molecule has 34 heavy (non-hydrogen) atoms. The Bertz CT molecular complexity index is 652. The zero-order valence-corrected chi connectivity index (χ0v) is 22.8. The Labute approximate surface area is 212 Å². The molecule has 0 bridgehead atoms. The summed E-state index contributed by atoms with van der Waals surface area (Å²) in [5, 5.41) is 3.04. The Hall–Kier alpha value is -1.31. The number of hydrogen-bond donors (Lipinski definition) is 1. The number of nitrogens with one attached hydrogen (secondary N) is 1. The lowest BCUT2D eigenvalue weighted by Crippen LogP contribution is -2.06. The lowest BCUT2D eigenvalue weighted by molar-refractivity contribution is -0.115. The van der Waals surface area contributed by atoms with E-state index in [2.05, 4.69) is 37.4 Å². The predicted octanol–water partition coefficient (Wildman–Crippen LogP) is 10.2. The number of benzene rings is 1. The van der Waals surface area contributed by atoms with Gasteiger partial charge in [-0.25, -0.2) is 0 Å². The first kappa shape index (κ1) is 28.9. The van der Waals surface area contributed by atoms with Crippen molar-refractivity contribution < 1.29 is 4.79 Å². The number of carbonyl (C=O) groups is 1. The molecular formula is C32H55NO. The van der Waals surface area contributed by atoms with Gasteiger partial charge < -0.3 is 5.32 Å². The highest BCUT2D eigenvalue weighted by Gasteiger charge is 2.18. The number of fused-ring (bicyclic) bond motifs is 1. The molecule has 194 valence electrons. The van der Waals surface area contributed by atoms with Crippen LogP contribution in [0.1, 0.15) is 153 Å². The molecule has 1 heterocycles. The minimum Gasteiger partial charge on any atom is -0.326 e. The van der Waals surface area contributed by atoms with E-state index in [1.165, 1.54) is 146 Å². The maximum Gasteiger partial charge on any atom is 0.228 e. The van der Waals surface area contributed by atoms with E-state index in [1.807, 2.05) is 0 Å². The fourth-order valence-electron chi connectivity index (χ4n) is 5.56. The lowest BCUT2D eigenvalue weighted by atomic mass is 9.88. The minimum absolute atomic E-state index is 0.146. The van der Waals surface area contributed by atoms with Crippen LogP contribution < -0.4 is 5.32 Å². The van der Waals surface area contributed by atoms with Gasteiger partial charge in [-0.3, -0.25) is 4.79 Å². The van der Waals surface area contributed by atoms with Crippen molar-refractivity contribution in [1.82, 2.24) is 0 Å². The van der Waals surface area contributed by atoms with E-state index in [9.17, 15) is 4.79 Å². The smallest absolute Gasteiger partial charge is 0.228 e. The molecule has 0 saturated heterocycles. The zero-order chi connectivity index (χ0) is 24.3. The molecule has 1 aliphatic heterocycles. The number of hydrogen-bond acceptors (Lipinski definition) is 1. The Kier molecular flexibility index (Phi) is 16.1. The van der Waals surface area contributed by atoms with Crippen LogP contribution in [0.25, 0.3) is 0 Å². The third kappa shape index (κ3) is 13.0. The molecule has 2 nitrogen and oxygen atoms in total. The van der Waals surface area contributed by atoms with Crippen molar-refractivity contribution in [1.29, 1.82) is 0 Å². The number of carbonyl (C=O) groups excluding carboxylic acids is 1. The van der Waals surface area contributed by atoms with Crippen molar-refractivity contribution in [3.05, 3.63) is 29.3 Å². The maximum absolute atomic E-state index is 11.7. The van der Waals surface area contributed by atoms with E-state index in [-0.39, 0.29) is 5.91 Å². The summed E-state index contributed by atoms with van der Waals surface area (Å²) in [6, 6.07) is 6.70. The molecule has 0 saturated carbocycles. The third-order valence-corrected chi connectivity index (χ3v) is 7.76. The summed E-state index contributed by atoms with van der Waals surface area (Å²) in [5.74, 6) is 0.942. The largest absolute Gasteiger partial charge is 0.326 e. The van der Waals surface area contributed by atoms with E-state index in [0.717, 1.165) is 11.6 Å². The first-order chi connectivity index (χ1) is 16.7. The van der Waals surface area contributed by atoms with Gasteiger partial charge in [-0.15, -0.1) is 0 Å². The summed E-state index contributed by atoms with van der Waals surface area (Å²) < 4.78 is 0. The van der Waals surface area contributed by atoms with Crippen molar-refractivity contribution in [3.63, 3.8) is 0 Å². The van der Waals surface area contributed by atoms with Crippen LogP contribution in [0.4, 0.5) is 5.69 Å². The normalized spacial score (nSPS) is 13.8. The topological polar surface area (TPSA) is 29.1 Å². The van der Waals surface area contributed by atoms with Gasteiger partial charge in [0.05, 0.1) is 6.42 Å². The van der Waals surface area contributed by atoms with Crippen molar-refractivity contribution >= 4 is 11.6 Å². The van der Waals surface area contributed by atoms with Gasteiger partial charge in [0.25, 0.3) is 0 Å². The Morgan fingerprint density at radius 2 is 1.15 bits per heavy atom. The fourth-order valence-corrected chi connectivity index (χ4v) is 5.56. The summed E-state index contributed by atoms with van der Waals surface area (Å²) in [6.45, 7) is 4.59. The zero-order valence-electron chi connectivity index (χ0n) is 22.8. The molecule has 0 spiro atoms. The number of unbranched alkanes of at least 4 members (excludes halogenated alkanes) is 16. The fraction of sp³-hybridized carbons (Fsp3) is 0.781. The first-order valence-electron chi connectivity index (χ1n) is 15.1. The molecule has 2 heteroatoms. The number of amides is 1. The molecule has 2 rings (SSSR count). The molecular weight excluding hydrogens is 414 g/mol. The van der Waals surface area contributed by atoms with Crippen LogP contribution in [-0.2, 0) is 17.6 Å². The van der Waals surface area contributed by atoms with E-state index in [1.54, 1.807) is 0 Å². The number of anilines is 1. The monoisotopic (exact) mass is 469 g/mol. The molecule has 1 aromatic carbocycles. The average Bonchev–Trinajstić information content (AvgIpc) is 3.21. The molecule has 0 fully saturated rings. The first-order valence-corrected chi connectivity index (χ1v) is 15.1. The van der Waals surface area contributed by atoms with E-state index in [4.69, 9.17) is 0 Å². The van der Waals surface area contributed by atoms with Gasteiger partial charge in [-0.1, -0.05) is 154 Å². The van der Waals surface area contributed by atoms with Crippen LogP contribution in [0, 0.1) is 5.92 Å². The van der Waals surface area contributed by atoms with Gasteiger partial charge in [-0.05, 0) is 29.5 Å². The summed E-state index contributed by atoms with van der Waals surface area (Å²) in [5.41, 5.74) is 3.65. The molecule has 1 amide bonds. The van der Waals surface area contributed by atoms with Crippen molar-refractivity contribution in [2.75, 3.05) is 5.32 Å². The summed E-state index contributed by atoms with van der Waals surface area (Å²) in [6.07, 6.45) is 29.9. The van der Waals surface area contributed by atoms with Crippen LogP contribution in [-0.4, -0.2) is 5.91 Å². The van der Waals surface area contributed by atoms with E-state index >= 15 is 0 Å². The second kappa shape index (κ2) is 18.9. The maximum atomic E-state index is 11.7. The highest BCUT2D eigenvalue weighted by atomic mass is 16.1. The highest BCUT2D eigenvalue weighted by molar-refractivity contribution is 5.99. The highest BCUT2D eigenvalue weighted by Crippen LogP contribution is 2.28. The van der Waals surface area contributed by atoms with Crippen LogP contribution >= 0.6 is 0 Å². The Balaban J connectivity index is 1.67. The molecule has 0 aromatic heterocycles. The second-order valence-corrected chi connectivity index (χ2v) is 11.0. The number of rotatable bonds is 22. The lowest BCUT2D eigenvalue weighted by Gasteiger charge is -2.18. The molecule has 0 aliphatic carbocycles. The van der Waals surface area contributed by atoms with Crippen LogP contribution in [0.2, 0.25) is 0 Å². The van der Waals surface area contributed by atoms with Gasteiger partial charge in [0, 0.05) is 5.69 Å². The molecule has 0 radical (unpaired) electrons. The molecule has 1 aromatic rings. The van der Waals surface area contributed by atoms with E-state index in [0.29, 0.717) is 6.42 Å². The molecule has 1 N–H and O–H groups in total.